The summed E-state index contributed by atoms with van der Waals surface area (Å²) in [5.41, 5.74) is 9.15. The number of hydrogen-bond donors (Lipinski definition) is 1. The van der Waals surface area contributed by atoms with Gasteiger partial charge in [0.25, 0.3) is 0 Å². The molecule has 6 aromatic rings. The Labute approximate surface area is 235 Å². The number of para-hydroxylation sites is 2. The zero-order valence-corrected chi connectivity index (χ0v) is 22.6. The lowest BCUT2D eigenvalue weighted by Gasteiger charge is -2.32. The number of likely N-dealkylation sites (tertiary alicyclic amines) is 1. The number of benzene rings is 3. The van der Waals surface area contributed by atoms with E-state index >= 15 is 0 Å². The lowest BCUT2D eigenvalue weighted by atomic mass is 10.0. The predicted molar refractivity (Wildman–Crippen MR) is 158 cm³/mol. The van der Waals surface area contributed by atoms with E-state index in [4.69, 9.17) is 4.98 Å². The number of H-pyrrole nitrogens is 1. The maximum atomic E-state index is 12.6. The van der Waals surface area contributed by atoms with Gasteiger partial charge < -0.3 is 4.98 Å². The quantitative estimate of drug-likeness (QED) is 0.284. The first-order valence-electron chi connectivity index (χ1n) is 13.4. The van der Waals surface area contributed by atoms with Crippen molar-refractivity contribution in [3.05, 3.63) is 106 Å². The first-order chi connectivity index (χ1) is 19.7. The van der Waals surface area contributed by atoms with Crippen LogP contribution in [0.15, 0.2) is 94.5 Å². The van der Waals surface area contributed by atoms with E-state index in [2.05, 4.69) is 49.3 Å². The van der Waals surface area contributed by atoms with Crippen LogP contribution < -0.4 is 5.69 Å². The summed E-state index contributed by atoms with van der Waals surface area (Å²) >= 11 is 1.51. The van der Waals surface area contributed by atoms with Crippen LogP contribution in [-0.2, 0) is 6.54 Å². The summed E-state index contributed by atoms with van der Waals surface area (Å²) in [7, 11) is 0. The topological polar surface area (TPSA) is 92.6 Å². The number of imidazole rings is 1. The number of aromatic nitrogens is 6. The predicted octanol–water partition coefficient (Wildman–Crippen LogP) is 5.81. The van der Waals surface area contributed by atoms with E-state index in [1.54, 1.807) is 5.51 Å². The Hall–Kier alpha value is -4.47. The fraction of sp³-hybridized carbons (Fsp3) is 0.194. The molecule has 0 atom stereocenters. The lowest BCUT2D eigenvalue weighted by Crippen LogP contribution is -2.36. The number of rotatable bonds is 6. The maximum Gasteiger partial charge on any atom is 0.326 e. The lowest BCUT2D eigenvalue weighted by molar-refractivity contribution is 0.180. The van der Waals surface area contributed by atoms with Crippen molar-refractivity contribution in [1.29, 1.82) is 0 Å². The summed E-state index contributed by atoms with van der Waals surface area (Å²) in [5, 5.41) is 10.9. The van der Waals surface area contributed by atoms with E-state index in [-0.39, 0.29) is 11.7 Å². The minimum absolute atomic E-state index is 0.0118. The Kier molecular flexibility index (Phi) is 6.51. The van der Waals surface area contributed by atoms with Gasteiger partial charge >= 0.3 is 5.69 Å². The van der Waals surface area contributed by atoms with Gasteiger partial charge in [-0.25, -0.2) is 14.8 Å². The van der Waals surface area contributed by atoms with Crippen LogP contribution in [0.3, 0.4) is 0 Å². The van der Waals surface area contributed by atoms with Gasteiger partial charge in [-0.3, -0.25) is 9.47 Å². The minimum Gasteiger partial charge on any atom is -0.306 e. The molecule has 8 nitrogen and oxygen atoms in total. The smallest absolute Gasteiger partial charge is 0.306 e. The van der Waals surface area contributed by atoms with Gasteiger partial charge in [-0.05, 0) is 30.5 Å². The molecule has 7 rings (SSSR count). The number of fused-ring (bicyclic) bond motifs is 1. The van der Waals surface area contributed by atoms with Crippen LogP contribution in [0.4, 0.5) is 0 Å². The van der Waals surface area contributed by atoms with Crippen LogP contribution in [0.1, 0.15) is 24.4 Å². The zero-order chi connectivity index (χ0) is 26.9. The molecular formula is C31H27N7OS. The molecule has 1 saturated heterocycles. The standard InChI is InChI=1S/C31H27N7OS/c39-31-33-25-8-4-5-9-27(25)38(31)24-14-16-37(17-15-24)18-21-10-12-23(13-11-21)28-29(22-6-2-1-3-7-22)35-36-30(34-28)26-19-40-20-32-26/h1-13,19-20,24H,14-18H2,(H,33,39). The van der Waals surface area contributed by atoms with Gasteiger partial charge in [0.1, 0.15) is 17.1 Å². The van der Waals surface area contributed by atoms with Gasteiger partial charge in [-0.2, -0.15) is 0 Å². The monoisotopic (exact) mass is 545 g/mol. The highest BCUT2D eigenvalue weighted by Gasteiger charge is 2.24. The largest absolute Gasteiger partial charge is 0.326 e. The van der Waals surface area contributed by atoms with E-state index in [1.807, 2.05) is 64.5 Å². The van der Waals surface area contributed by atoms with Crippen molar-refractivity contribution >= 4 is 22.4 Å². The van der Waals surface area contributed by atoms with E-state index in [0.717, 1.165) is 71.7 Å². The third-order valence-electron chi connectivity index (χ3n) is 7.58. The summed E-state index contributed by atoms with van der Waals surface area (Å²) in [6, 6.07) is 26.8. The molecule has 9 heteroatoms. The molecular weight excluding hydrogens is 518 g/mol. The average Bonchev–Trinajstić information content (AvgIpc) is 3.66. The number of thiazole rings is 1. The second-order valence-corrected chi connectivity index (χ2v) is 10.8. The second-order valence-electron chi connectivity index (χ2n) is 10.1. The molecule has 40 heavy (non-hydrogen) atoms. The van der Waals surface area contributed by atoms with Gasteiger partial charge in [0, 0.05) is 42.2 Å². The number of aromatic amines is 1. The Bertz CT molecular complexity index is 1800. The SMILES string of the molecule is O=c1[nH]c2ccccc2n1C1CCN(Cc2ccc(-c3nc(-c4cscn4)nnc3-c3ccccc3)cc2)CC1. The normalized spacial score (nSPS) is 14.6. The van der Waals surface area contributed by atoms with Crippen molar-refractivity contribution in [1.82, 2.24) is 34.6 Å². The van der Waals surface area contributed by atoms with Gasteiger partial charge in [0.2, 0.25) is 5.82 Å². The Morgan fingerprint density at radius 3 is 2.38 bits per heavy atom. The van der Waals surface area contributed by atoms with Gasteiger partial charge in [0.15, 0.2) is 0 Å². The molecule has 0 aliphatic carbocycles. The highest BCUT2D eigenvalue weighted by Crippen LogP contribution is 2.31. The average molecular weight is 546 g/mol. The maximum absolute atomic E-state index is 12.6. The zero-order valence-electron chi connectivity index (χ0n) is 21.8. The van der Waals surface area contributed by atoms with Crippen LogP contribution in [0, 0.1) is 0 Å². The van der Waals surface area contributed by atoms with Crippen LogP contribution in [0.5, 0.6) is 0 Å². The fourth-order valence-electron chi connectivity index (χ4n) is 5.55. The number of nitrogens with one attached hydrogen (secondary N) is 1. The first-order valence-corrected chi connectivity index (χ1v) is 14.4. The summed E-state index contributed by atoms with van der Waals surface area (Å²) in [6.45, 7) is 2.76. The van der Waals surface area contributed by atoms with Crippen LogP contribution in [0.25, 0.3) is 45.1 Å². The van der Waals surface area contributed by atoms with Crippen LogP contribution in [0.2, 0.25) is 0 Å². The number of piperidine rings is 1. The number of nitrogens with zero attached hydrogens (tertiary/aromatic N) is 6. The summed E-state index contributed by atoms with van der Waals surface area (Å²) in [5.74, 6) is 0.525. The highest BCUT2D eigenvalue weighted by molar-refractivity contribution is 7.07. The van der Waals surface area contributed by atoms with Crippen LogP contribution >= 0.6 is 11.3 Å². The molecule has 1 aliphatic rings. The highest BCUT2D eigenvalue weighted by atomic mass is 32.1. The third kappa shape index (κ3) is 4.74. The molecule has 3 aromatic heterocycles. The molecule has 1 N–H and O–H groups in total. The van der Waals surface area contributed by atoms with Gasteiger partial charge in [-0.1, -0.05) is 66.7 Å². The number of hydrogen-bond acceptors (Lipinski definition) is 7. The Balaban J connectivity index is 1.09. The Morgan fingerprint density at radius 1 is 0.850 bits per heavy atom. The van der Waals surface area contributed by atoms with Gasteiger partial charge in [-0.15, -0.1) is 21.5 Å². The molecule has 1 fully saturated rings. The van der Waals surface area contributed by atoms with E-state index < -0.39 is 0 Å². The first kappa shape index (κ1) is 24.6. The van der Waals surface area contributed by atoms with Crippen molar-refractivity contribution in [2.45, 2.75) is 25.4 Å². The van der Waals surface area contributed by atoms with E-state index in [1.165, 1.54) is 16.9 Å². The van der Waals surface area contributed by atoms with Crippen molar-refractivity contribution < 1.29 is 0 Å². The van der Waals surface area contributed by atoms with Crippen molar-refractivity contribution in [3.63, 3.8) is 0 Å². The molecule has 0 saturated carbocycles. The molecule has 0 amide bonds. The van der Waals surface area contributed by atoms with Crippen molar-refractivity contribution in [2.75, 3.05) is 13.1 Å². The molecule has 0 bridgehead atoms. The second kappa shape index (κ2) is 10.6. The molecule has 0 spiro atoms. The fourth-order valence-corrected chi connectivity index (χ4v) is 6.08. The van der Waals surface area contributed by atoms with E-state index in [9.17, 15) is 4.79 Å². The minimum atomic E-state index is -0.0118. The molecule has 0 radical (unpaired) electrons. The van der Waals surface area contributed by atoms with Gasteiger partial charge in [0.05, 0.1) is 16.5 Å². The Morgan fingerprint density at radius 2 is 1.60 bits per heavy atom. The third-order valence-corrected chi connectivity index (χ3v) is 8.16. The molecule has 3 aromatic carbocycles. The van der Waals surface area contributed by atoms with E-state index in [0.29, 0.717) is 5.82 Å². The summed E-state index contributed by atoms with van der Waals surface area (Å²) in [6.07, 6.45) is 1.90. The van der Waals surface area contributed by atoms with Crippen LogP contribution in [-0.4, -0.2) is 47.7 Å². The van der Waals surface area contributed by atoms with Crippen molar-refractivity contribution in [3.8, 4) is 34.0 Å². The molecule has 0 unspecified atom stereocenters. The summed E-state index contributed by atoms with van der Waals surface area (Å²) < 4.78 is 1.95. The summed E-state index contributed by atoms with van der Waals surface area (Å²) in [4.78, 5) is 27.4. The molecule has 4 heterocycles. The molecule has 1 aliphatic heterocycles. The molecule has 198 valence electrons. The van der Waals surface area contributed by atoms with Crippen molar-refractivity contribution in [2.24, 2.45) is 0 Å².